The Balaban J connectivity index is 1.80. The highest BCUT2D eigenvalue weighted by Gasteiger charge is 2.06. The summed E-state index contributed by atoms with van der Waals surface area (Å²) < 4.78 is 5.62. The number of aromatic nitrogens is 2. The first-order chi connectivity index (χ1) is 9.16. The second kappa shape index (κ2) is 6.04. The van der Waals surface area contributed by atoms with Gasteiger partial charge < -0.3 is 9.72 Å². The number of aryl methyl sites for hydroxylation is 1. The van der Waals surface area contributed by atoms with Gasteiger partial charge in [-0.15, -0.1) is 0 Å². The van der Waals surface area contributed by atoms with E-state index >= 15 is 0 Å². The molecule has 0 aliphatic heterocycles. The summed E-state index contributed by atoms with van der Waals surface area (Å²) in [5, 5.41) is 2.65. The van der Waals surface area contributed by atoms with E-state index in [1.54, 1.807) is 12.4 Å². The van der Waals surface area contributed by atoms with Gasteiger partial charge in [-0.25, -0.2) is 4.98 Å². The number of carbonyl (C=O) groups excluding carboxylic acids is 1. The third kappa shape index (κ3) is 3.58. The van der Waals surface area contributed by atoms with Crippen molar-refractivity contribution in [3.8, 4) is 5.75 Å². The minimum absolute atomic E-state index is 0.125. The molecule has 100 valence electrons. The van der Waals surface area contributed by atoms with Crippen molar-refractivity contribution in [1.29, 1.82) is 0 Å². The summed E-state index contributed by atoms with van der Waals surface area (Å²) in [7, 11) is 0. The lowest BCUT2D eigenvalue weighted by atomic mass is 10.1. The molecule has 1 amide bonds. The molecule has 2 N–H and O–H groups in total. The molecule has 0 aliphatic carbocycles. The van der Waals surface area contributed by atoms with Gasteiger partial charge in [0.2, 0.25) is 11.9 Å². The van der Waals surface area contributed by atoms with Gasteiger partial charge in [0, 0.05) is 12.4 Å². The van der Waals surface area contributed by atoms with E-state index < -0.39 is 0 Å². The molecule has 0 saturated heterocycles. The van der Waals surface area contributed by atoms with Crippen LogP contribution in [0.3, 0.4) is 0 Å². The molecule has 0 fully saturated rings. The summed E-state index contributed by atoms with van der Waals surface area (Å²) >= 11 is 0. The summed E-state index contributed by atoms with van der Waals surface area (Å²) in [6.07, 6.45) is 3.53. The predicted octanol–water partition coefficient (Wildman–Crippen LogP) is 2.43. The number of H-pyrrole nitrogens is 1. The van der Waals surface area contributed by atoms with Gasteiger partial charge in [-0.05, 0) is 31.0 Å². The number of rotatable bonds is 5. The predicted molar refractivity (Wildman–Crippen MR) is 73.2 cm³/mol. The van der Waals surface area contributed by atoms with Crippen LogP contribution in [0.1, 0.15) is 17.5 Å². The molecule has 0 spiro atoms. The first kappa shape index (κ1) is 13.1. The van der Waals surface area contributed by atoms with Crippen LogP contribution < -0.4 is 10.1 Å². The summed E-state index contributed by atoms with van der Waals surface area (Å²) in [5.74, 6) is 1.16. The fraction of sp³-hybridized carbons (Fsp3) is 0.286. The standard InChI is InChI=1S/C14H17N3O2/c1-10-4-3-5-12(11(10)2)19-9-6-13(18)17-14-15-7-8-16-14/h3-5,7-8H,6,9H2,1-2H3,(H2,15,16,17,18). The van der Waals surface area contributed by atoms with Crippen molar-refractivity contribution >= 4 is 11.9 Å². The Kier molecular flexibility index (Phi) is 4.18. The van der Waals surface area contributed by atoms with Crippen molar-refractivity contribution in [2.24, 2.45) is 0 Å². The fourth-order valence-corrected chi connectivity index (χ4v) is 1.66. The summed E-state index contributed by atoms with van der Waals surface area (Å²) in [4.78, 5) is 18.3. The molecule has 5 nitrogen and oxygen atoms in total. The van der Waals surface area contributed by atoms with Gasteiger partial charge in [-0.2, -0.15) is 0 Å². The Morgan fingerprint density at radius 1 is 1.42 bits per heavy atom. The third-order valence-electron chi connectivity index (χ3n) is 2.90. The van der Waals surface area contributed by atoms with Crippen molar-refractivity contribution in [2.75, 3.05) is 11.9 Å². The van der Waals surface area contributed by atoms with E-state index in [4.69, 9.17) is 4.74 Å². The number of nitrogens with zero attached hydrogens (tertiary/aromatic N) is 1. The maximum absolute atomic E-state index is 11.6. The Morgan fingerprint density at radius 3 is 3.00 bits per heavy atom. The summed E-state index contributed by atoms with van der Waals surface area (Å²) in [5.41, 5.74) is 2.28. The van der Waals surface area contributed by atoms with Crippen LogP contribution in [-0.2, 0) is 4.79 Å². The molecule has 5 heteroatoms. The summed E-state index contributed by atoms with van der Waals surface area (Å²) in [6.45, 7) is 4.39. The monoisotopic (exact) mass is 259 g/mol. The number of aromatic amines is 1. The highest BCUT2D eigenvalue weighted by atomic mass is 16.5. The van der Waals surface area contributed by atoms with Crippen LogP contribution in [0, 0.1) is 13.8 Å². The van der Waals surface area contributed by atoms with Crippen LogP contribution in [0.2, 0.25) is 0 Å². The lowest BCUT2D eigenvalue weighted by Gasteiger charge is -2.10. The zero-order valence-electron chi connectivity index (χ0n) is 11.1. The number of hydrogen-bond acceptors (Lipinski definition) is 3. The number of carbonyl (C=O) groups is 1. The largest absolute Gasteiger partial charge is 0.493 e. The second-order valence-electron chi connectivity index (χ2n) is 4.28. The number of imidazole rings is 1. The van der Waals surface area contributed by atoms with E-state index in [0.717, 1.165) is 11.3 Å². The molecule has 0 unspecified atom stereocenters. The van der Waals surface area contributed by atoms with E-state index in [0.29, 0.717) is 12.6 Å². The van der Waals surface area contributed by atoms with E-state index in [2.05, 4.69) is 15.3 Å². The zero-order valence-corrected chi connectivity index (χ0v) is 11.1. The number of amides is 1. The average Bonchev–Trinajstić information content (AvgIpc) is 2.87. The third-order valence-corrected chi connectivity index (χ3v) is 2.90. The van der Waals surface area contributed by atoms with Gasteiger partial charge in [0.1, 0.15) is 5.75 Å². The maximum Gasteiger partial charge on any atom is 0.230 e. The van der Waals surface area contributed by atoms with Crippen molar-refractivity contribution in [3.05, 3.63) is 41.7 Å². The van der Waals surface area contributed by atoms with Gasteiger partial charge in [0.15, 0.2) is 0 Å². The van der Waals surface area contributed by atoms with Crippen LogP contribution in [0.15, 0.2) is 30.6 Å². The Labute approximate surface area is 112 Å². The Hall–Kier alpha value is -2.30. The first-order valence-corrected chi connectivity index (χ1v) is 6.15. The number of hydrogen-bond donors (Lipinski definition) is 2. The van der Waals surface area contributed by atoms with Crippen LogP contribution in [0.25, 0.3) is 0 Å². The van der Waals surface area contributed by atoms with Crippen molar-refractivity contribution < 1.29 is 9.53 Å². The molecule has 0 atom stereocenters. The number of anilines is 1. The van der Waals surface area contributed by atoms with E-state index in [9.17, 15) is 4.79 Å². The molecular formula is C14H17N3O2. The van der Waals surface area contributed by atoms with Crippen LogP contribution >= 0.6 is 0 Å². The van der Waals surface area contributed by atoms with Gasteiger partial charge in [-0.3, -0.25) is 10.1 Å². The van der Waals surface area contributed by atoms with Crippen LogP contribution in [-0.4, -0.2) is 22.5 Å². The van der Waals surface area contributed by atoms with Crippen molar-refractivity contribution in [1.82, 2.24) is 9.97 Å². The summed E-state index contributed by atoms with van der Waals surface area (Å²) in [6, 6.07) is 5.89. The molecule has 2 aromatic rings. The van der Waals surface area contributed by atoms with Crippen molar-refractivity contribution in [3.63, 3.8) is 0 Å². The highest BCUT2D eigenvalue weighted by molar-refractivity contribution is 5.88. The van der Waals surface area contributed by atoms with E-state index in [1.165, 1.54) is 5.56 Å². The molecule has 0 aliphatic rings. The number of benzene rings is 1. The first-order valence-electron chi connectivity index (χ1n) is 6.15. The van der Waals surface area contributed by atoms with Gasteiger partial charge in [0.05, 0.1) is 13.0 Å². The van der Waals surface area contributed by atoms with E-state index in [-0.39, 0.29) is 12.3 Å². The van der Waals surface area contributed by atoms with Crippen molar-refractivity contribution in [2.45, 2.75) is 20.3 Å². The topological polar surface area (TPSA) is 67.0 Å². The van der Waals surface area contributed by atoms with Crippen LogP contribution in [0.5, 0.6) is 5.75 Å². The quantitative estimate of drug-likeness (QED) is 0.866. The normalized spacial score (nSPS) is 10.2. The molecule has 19 heavy (non-hydrogen) atoms. The Bertz CT molecular complexity index is 550. The molecule has 0 radical (unpaired) electrons. The zero-order chi connectivity index (χ0) is 13.7. The molecule has 0 saturated carbocycles. The van der Waals surface area contributed by atoms with Gasteiger partial charge >= 0.3 is 0 Å². The van der Waals surface area contributed by atoms with Gasteiger partial charge in [0.25, 0.3) is 0 Å². The lowest BCUT2D eigenvalue weighted by molar-refractivity contribution is -0.116. The Morgan fingerprint density at radius 2 is 2.26 bits per heavy atom. The smallest absolute Gasteiger partial charge is 0.230 e. The van der Waals surface area contributed by atoms with E-state index in [1.807, 2.05) is 32.0 Å². The lowest BCUT2D eigenvalue weighted by Crippen LogP contribution is -2.16. The minimum atomic E-state index is -0.125. The molecule has 2 rings (SSSR count). The van der Waals surface area contributed by atoms with Gasteiger partial charge in [-0.1, -0.05) is 12.1 Å². The van der Waals surface area contributed by atoms with Crippen LogP contribution in [0.4, 0.5) is 5.95 Å². The molecule has 1 heterocycles. The highest BCUT2D eigenvalue weighted by Crippen LogP contribution is 2.20. The number of nitrogens with one attached hydrogen (secondary N) is 2. The molecular weight excluding hydrogens is 242 g/mol. The molecule has 1 aromatic heterocycles. The second-order valence-corrected chi connectivity index (χ2v) is 4.28. The maximum atomic E-state index is 11.6. The average molecular weight is 259 g/mol. The SMILES string of the molecule is Cc1cccc(OCCC(=O)Nc2ncc[nH]2)c1C. The number of ether oxygens (including phenoxy) is 1. The molecule has 1 aromatic carbocycles. The minimum Gasteiger partial charge on any atom is -0.493 e. The fourth-order valence-electron chi connectivity index (χ4n) is 1.66. The molecule has 0 bridgehead atoms.